The maximum Gasteiger partial charge on any atom is 0.338 e. The van der Waals surface area contributed by atoms with E-state index in [1.165, 1.54) is 12.8 Å². The zero-order valence-corrected chi connectivity index (χ0v) is 11.3. The predicted octanol–water partition coefficient (Wildman–Crippen LogP) is 3.36. The van der Waals surface area contributed by atoms with Gasteiger partial charge in [-0.1, -0.05) is 37.5 Å². The van der Waals surface area contributed by atoms with Crippen LogP contribution in [0.15, 0.2) is 24.3 Å². The molecule has 0 fully saturated rings. The highest BCUT2D eigenvalue weighted by Crippen LogP contribution is 2.04. The minimum Gasteiger partial charge on any atom is -0.460 e. The van der Waals surface area contributed by atoms with Gasteiger partial charge in [0.05, 0.1) is 12.2 Å². The predicted molar refractivity (Wildman–Crippen MR) is 71.8 cm³/mol. The minimum absolute atomic E-state index is 0.285. The standard InChI is InChI=1S/C15H22O3/c1-3-4-5-10-17-11-12-18-15(16)14-8-6-13(2)7-9-14/h6-9H,3-5,10-12H2,1-2H3. The Balaban J connectivity index is 2.12. The fourth-order valence-electron chi connectivity index (χ4n) is 1.52. The van der Waals surface area contributed by atoms with Gasteiger partial charge in [-0.3, -0.25) is 0 Å². The van der Waals surface area contributed by atoms with E-state index in [1.54, 1.807) is 12.1 Å². The fraction of sp³-hybridized carbons (Fsp3) is 0.533. The lowest BCUT2D eigenvalue weighted by Crippen LogP contribution is -2.11. The summed E-state index contributed by atoms with van der Waals surface area (Å²) < 4.78 is 10.5. The number of ether oxygens (including phenoxy) is 2. The van der Waals surface area contributed by atoms with Gasteiger partial charge in [-0.15, -0.1) is 0 Å². The number of rotatable bonds is 8. The van der Waals surface area contributed by atoms with Gasteiger partial charge in [0.15, 0.2) is 0 Å². The van der Waals surface area contributed by atoms with Gasteiger partial charge in [0, 0.05) is 6.61 Å². The largest absolute Gasteiger partial charge is 0.460 e. The molecule has 0 spiro atoms. The highest BCUT2D eigenvalue weighted by Gasteiger charge is 2.05. The van der Waals surface area contributed by atoms with Crippen molar-refractivity contribution in [3.8, 4) is 0 Å². The molecule has 0 aliphatic rings. The monoisotopic (exact) mass is 250 g/mol. The highest BCUT2D eigenvalue weighted by molar-refractivity contribution is 5.89. The zero-order valence-electron chi connectivity index (χ0n) is 11.3. The van der Waals surface area contributed by atoms with Crippen LogP contribution in [-0.2, 0) is 9.47 Å². The Morgan fingerprint density at radius 2 is 1.78 bits per heavy atom. The first-order valence-corrected chi connectivity index (χ1v) is 6.55. The molecule has 0 unspecified atom stereocenters. The molecule has 0 saturated heterocycles. The topological polar surface area (TPSA) is 35.5 Å². The molecule has 0 aliphatic carbocycles. The second-order valence-electron chi connectivity index (χ2n) is 4.32. The normalized spacial score (nSPS) is 10.3. The molecule has 0 aliphatic heterocycles. The summed E-state index contributed by atoms with van der Waals surface area (Å²) in [5.41, 5.74) is 1.72. The molecule has 0 heterocycles. The van der Waals surface area contributed by atoms with Gasteiger partial charge in [-0.05, 0) is 25.5 Å². The summed E-state index contributed by atoms with van der Waals surface area (Å²) in [5, 5.41) is 0. The van der Waals surface area contributed by atoms with Crippen LogP contribution in [0.4, 0.5) is 0 Å². The van der Waals surface area contributed by atoms with E-state index in [2.05, 4.69) is 6.92 Å². The van der Waals surface area contributed by atoms with Crippen LogP contribution in [0, 0.1) is 6.92 Å². The molecule has 0 amide bonds. The summed E-state index contributed by atoms with van der Waals surface area (Å²) in [6, 6.07) is 7.36. The smallest absolute Gasteiger partial charge is 0.338 e. The molecular weight excluding hydrogens is 228 g/mol. The lowest BCUT2D eigenvalue weighted by Gasteiger charge is -2.06. The van der Waals surface area contributed by atoms with Crippen LogP contribution < -0.4 is 0 Å². The Labute approximate surface area is 109 Å². The first-order chi connectivity index (χ1) is 8.74. The molecule has 3 nitrogen and oxygen atoms in total. The molecule has 0 saturated carbocycles. The summed E-state index contributed by atoms with van der Waals surface area (Å²) in [7, 11) is 0. The third kappa shape index (κ3) is 5.82. The fourth-order valence-corrected chi connectivity index (χ4v) is 1.52. The maximum absolute atomic E-state index is 11.6. The van der Waals surface area contributed by atoms with Crippen LogP contribution in [0.25, 0.3) is 0 Å². The van der Waals surface area contributed by atoms with Crippen molar-refractivity contribution in [1.82, 2.24) is 0 Å². The molecule has 18 heavy (non-hydrogen) atoms. The van der Waals surface area contributed by atoms with Crippen LogP contribution in [0.2, 0.25) is 0 Å². The van der Waals surface area contributed by atoms with E-state index in [0.717, 1.165) is 18.6 Å². The molecule has 100 valence electrons. The van der Waals surface area contributed by atoms with Crippen molar-refractivity contribution < 1.29 is 14.3 Å². The molecule has 1 aromatic rings. The van der Waals surface area contributed by atoms with E-state index < -0.39 is 0 Å². The van der Waals surface area contributed by atoms with E-state index >= 15 is 0 Å². The third-order valence-electron chi connectivity index (χ3n) is 2.64. The Bertz CT molecular complexity index is 343. The quantitative estimate of drug-likeness (QED) is 0.524. The van der Waals surface area contributed by atoms with Crippen molar-refractivity contribution in [3.05, 3.63) is 35.4 Å². The van der Waals surface area contributed by atoms with Gasteiger partial charge in [0.25, 0.3) is 0 Å². The summed E-state index contributed by atoms with van der Waals surface area (Å²) in [4.78, 5) is 11.6. The van der Waals surface area contributed by atoms with Crippen molar-refractivity contribution in [3.63, 3.8) is 0 Å². The molecule has 0 aromatic heterocycles. The Morgan fingerprint density at radius 1 is 1.06 bits per heavy atom. The molecule has 3 heteroatoms. The van der Waals surface area contributed by atoms with Gasteiger partial charge in [-0.25, -0.2) is 4.79 Å². The average molecular weight is 250 g/mol. The van der Waals surface area contributed by atoms with Crippen LogP contribution in [-0.4, -0.2) is 25.8 Å². The first kappa shape index (κ1) is 14.7. The number of carbonyl (C=O) groups is 1. The Kier molecular flexibility index (Phi) is 7.11. The number of esters is 1. The number of aryl methyl sites for hydroxylation is 1. The first-order valence-electron chi connectivity index (χ1n) is 6.55. The lowest BCUT2D eigenvalue weighted by atomic mass is 10.1. The summed E-state index contributed by atoms with van der Waals surface area (Å²) in [5.74, 6) is -0.285. The second kappa shape index (κ2) is 8.70. The second-order valence-corrected chi connectivity index (χ2v) is 4.32. The van der Waals surface area contributed by atoms with Crippen molar-refractivity contribution in [2.45, 2.75) is 33.1 Å². The van der Waals surface area contributed by atoms with Crippen LogP contribution in [0.3, 0.4) is 0 Å². The summed E-state index contributed by atoms with van der Waals surface area (Å²) in [6.07, 6.45) is 3.44. The van der Waals surface area contributed by atoms with E-state index in [4.69, 9.17) is 9.47 Å². The SMILES string of the molecule is CCCCCOCCOC(=O)c1ccc(C)cc1. The third-order valence-corrected chi connectivity index (χ3v) is 2.64. The average Bonchev–Trinajstić information content (AvgIpc) is 2.38. The van der Waals surface area contributed by atoms with Gasteiger partial charge in [0.2, 0.25) is 0 Å². The maximum atomic E-state index is 11.6. The van der Waals surface area contributed by atoms with Gasteiger partial charge in [-0.2, -0.15) is 0 Å². The number of hydrogen-bond acceptors (Lipinski definition) is 3. The minimum atomic E-state index is -0.285. The van der Waals surface area contributed by atoms with Crippen molar-refractivity contribution in [2.75, 3.05) is 19.8 Å². The number of carbonyl (C=O) groups excluding carboxylic acids is 1. The Morgan fingerprint density at radius 3 is 2.44 bits per heavy atom. The van der Waals surface area contributed by atoms with Gasteiger partial charge >= 0.3 is 5.97 Å². The zero-order chi connectivity index (χ0) is 13.2. The van der Waals surface area contributed by atoms with Crippen molar-refractivity contribution in [1.29, 1.82) is 0 Å². The van der Waals surface area contributed by atoms with Crippen LogP contribution in [0.5, 0.6) is 0 Å². The molecule has 1 aromatic carbocycles. The van der Waals surface area contributed by atoms with Crippen molar-refractivity contribution >= 4 is 5.97 Å². The van der Waals surface area contributed by atoms with E-state index in [0.29, 0.717) is 18.8 Å². The molecule has 0 bridgehead atoms. The molecule has 0 atom stereocenters. The molecular formula is C15H22O3. The molecule has 0 N–H and O–H groups in total. The van der Waals surface area contributed by atoms with Crippen LogP contribution >= 0.6 is 0 Å². The number of benzene rings is 1. The summed E-state index contributed by atoms with van der Waals surface area (Å²) in [6.45, 7) is 5.68. The summed E-state index contributed by atoms with van der Waals surface area (Å²) >= 11 is 0. The van der Waals surface area contributed by atoms with E-state index in [-0.39, 0.29) is 5.97 Å². The lowest BCUT2D eigenvalue weighted by molar-refractivity contribution is 0.0312. The van der Waals surface area contributed by atoms with Gasteiger partial charge in [0.1, 0.15) is 6.61 Å². The molecule has 0 radical (unpaired) electrons. The van der Waals surface area contributed by atoms with E-state index in [9.17, 15) is 4.79 Å². The Hall–Kier alpha value is -1.35. The number of unbranched alkanes of at least 4 members (excludes halogenated alkanes) is 2. The van der Waals surface area contributed by atoms with Crippen molar-refractivity contribution in [2.24, 2.45) is 0 Å². The van der Waals surface area contributed by atoms with Gasteiger partial charge < -0.3 is 9.47 Å². The van der Waals surface area contributed by atoms with E-state index in [1.807, 2.05) is 19.1 Å². The molecule has 1 rings (SSSR count). The number of hydrogen-bond donors (Lipinski definition) is 0. The van der Waals surface area contributed by atoms with Crippen LogP contribution in [0.1, 0.15) is 42.1 Å². The highest BCUT2D eigenvalue weighted by atomic mass is 16.6.